The number of nitrogens with zero attached hydrogens (tertiary/aromatic N) is 1. The summed E-state index contributed by atoms with van der Waals surface area (Å²) in [5, 5.41) is 6.71. The minimum absolute atomic E-state index is 0.0542. The minimum Gasteiger partial charge on any atom is -0.385 e. The summed E-state index contributed by atoms with van der Waals surface area (Å²) in [6, 6.07) is 0.434. The van der Waals surface area contributed by atoms with Crippen LogP contribution in [0.5, 0.6) is 0 Å². The Morgan fingerprint density at radius 3 is 2.87 bits per heavy atom. The fraction of sp³-hybridized carbons (Fsp3) is 0.727. The van der Waals surface area contributed by atoms with E-state index in [-0.39, 0.29) is 5.54 Å². The number of aromatic nitrogens is 1. The van der Waals surface area contributed by atoms with Gasteiger partial charge in [0.25, 0.3) is 0 Å². The third-order valence-electron chi connectivity index (χ3n) is 2.33. The number of thiazole rings is 1. The van der Waals surface area contributed by atoms with Crippen molar-refractivity contribution in [1.29, 1.82) is 0 Å². The van der Waals surface area contributed by atoms with E-state index in [9.17, 15) is 0 Å². The molecule has 0 bridgehead atoms. The zero-order valence-electron chi connectivity index (χ0n) is 9.91. The van der Waals surface area contributed by atoms with Gasteiger partial charge in [0.1, 0.15) is 5.01 Å². The Hall–Kier alpha value is -0.450. The second-order valence-electron chi connectivity index (χ2n) is 4.29. The number of ether oxygens (including phenoxy) is 1. The first-order valence-corrected chi connectivity index (χ1v) is 6.11. The number of hydrogen-bond donors (Lipinski definition) is 1. The normalized spacial score (nSPS) is 14.1. The molecule has 1 aromatic heterocycles. The maximum atomic E-state index is 5.06. The summed E-state index contributed by atoms with van der Waals surface area (Å²) in [7, 11) is 1.73. The van der Waals surface area contributed by atoms with Crippen molar-refractivity contribution in [3.63, 3.8) is 0 Å². The molecule has 0 radical (unpaired) electrons. The van der Waals surface area contributed by atoms with Crippen LogP contribution in [0.4, 0.5) is 0 Å². The van der Waals surface area contributed by atoms with Gasteiger partial charge in [0, 0.05) is 31.3 Å². The van der Waals surface area contributed by atoms with Crippen LogP contribution in [-0.4, -0.2) is 24.7 Å². The van der Waals surface area contributed by atoms with Crippen LogP contribution in [0.3, 0.4) is 0 Å². The van der Waals surface area contributed by atoms with Crippen molar-refractivity contribution in [3.8, 4) is 0 Å². The van der Waals surface area contributed by atoms with Crippen molar-refractivity contribution in [2.45, 2.75) is 38.8 Å². The first kappa shape index (κ1) is 12.6. The lowest BCUT2D eigenvalue weighted by Crippen LogP contribution is -2.42. The maximum absolute atomic E-state index is 5.06. The summed E-state index contributed by atoms with van der Waals surface area (Å²) >= 11 is 1.69. The molecule has 0 aliphatic rings. The Morgan fingerprint density at radius 1 is 1.60 bits per heavy atom. The van der Waals surface area contributed by atoms with Gasteiger partial charge in [0.05, 0.1) is 5.54 Å². The average molecular weight is 228 g/mol. The van der Waals surface area contributed by atoms with E-state index in [0.717, 1.165) is 18.0 Å². The molecule has 86 valence electrons. The Morgan fingerprint density at radius 2 is 2.33 bits per heavy atom. The lowest BCUT2D eigenvalue weighted by Gasteiger charge is -2.28. The highest BCUT2D eigenvalue weighted by Gasteiger charge is 2.24. The first-order chi connectivity index (χ1) is 7.06. The van der Waals surface area contributed by atoms with Crippen LogP contribution >= 0.6 is 11.3 Å². The van der Waals surface area contributed by atoms with E-state index in [0.29, 0.717) is 6.04 Å². The van der Waals surface area contributed by atoms with Crippen LogP contribution < -0.4 is 5.32 Å². The van der Waals surface area contributed by atoms with Crippen molar-refractivity contribution < 1.29 is 4.74 Å². The van der Waals surface area contributed by atoms with Crippen molar-refractivity contribution in [3.05, 3.63) is 16.6 Å². The molecule has 0 aliphatic heterocycles. The Kier molecular flexibility index (Phi) is 4.70. The Bertz CT molecular complexity index is 272. The van der Waals surface area contributed by atoms with E-state index in [1.54, 1.807) is 18.4 Å². The van der Waals surface area contributed by atoms with E-state index in [2.05, 4.69) is 31.1 Å². The molecule has 1 heterocycles. The number of methoxy groups -OCH3 is 1. The molecule has 0 saturated carbocycles. The Balaban J connectivity index is 2.49. The van der Waals surface area contributed by atoms with Crippen molar-refractivity contribution in [1.82, 2.24) is 10.3 Å². The van der Waals surface area contributed by atoms with Crippen molar-refractivity contribution in [2.75, 3.05) is 13.7 Å². The van der Waals surface area contributed by atoms with E-state index >= 15 is 0 Å². The molecular formula is C11H20N2OS. The number of nitrogens with one attached hydrogen (secondary N) is 1. The Labute approximate surface area is 95.9 Å². The molecule has 1 aromatic rings. The van der Waals surface area contributed by atoms with Gasteiger partial charge in [0.2, 0.25) is 0 Å². The van der Waals surface area contributed by atoms with E-state index < -0.39 is 0 Å². The summed E-state index contributed by atoms with van der Waals surface area (Å²) < 4.78 is 5.06. The third kappa shape index (κ3) is 3.89. The number of hydrogen-bond acceptors (Lipinski definition) is 4. The molecule has 0 fully saturated rings. The summed E-state index contributed by atoms with van der Waals surface area (Å²) in [5.41, 5.74) is -0.0542. The average Bonchev–Trinajstić information content (AvgIpc) is 2.67. The maximum Gasteiger partial charge on any atom is 0.112 e. The summed E-state index contributed by atoms with van der Waals surface area (Å²) in [6.45, 7) is 7.29. The predicted molar refractivity (Wildman–Crippen MR) is 64.2 cm³/mol. The molecule has 0 aliphatic carbocycles. The van der Waals surface area contributed by atoms with Gasteiger partial charge in [-0.05, 0) is 27.2 Å². The molecule has 0 spiro atoms. The summed E-state index contributed by atoms with van der Waals surface area (Å²) in [4.78, 5) is 4.35. The van der Waals surface area contributed by atoms with Crippen molar-refractivity contribution in [2.24, 2.45) is 0 Å². The van der Waals surface area contributed by atoms with E-state index in [4.69, 9.17) is 4.74 Å². The molecule has 1 unspecified atom stereocenters. The second-order valence-corrected chi connectivity index (χ2v) is 5.18. The number of rotatable bonds is 6. The van der Waals surface area contributed by atoms with Gasteiger partial charge in [-0.3, -0.25) is 0 Å². The van der Waals surface area contributed by atoms with Crippen LogP contribution in [0.2, 0.25) is 0 Å². The molecule has 4 heteroatoms. The molecular weight excluding hydrogens is 208 g/mol. The monoisotopic (exact) mass is 228 g/mol. The highest BCUT2D eigenvalue weighted by atomic mass is 32.1. The molecule has 15 heavy (non-hydrogen) atoms. The highest BCUT2D eigenvalue weighted by Crippen LogP contribution is 2.22. The van der Waals surface area contributed by atoms with Gasteiger partial charge in [-0.1, -0.05) is 0 Å². The molecule has 1 atom stereocenters. The van der Waals surface area contributed by atoms with Crippen LogP contribution in [0, 0.1) is 0 Å². The van der Waals surface area contributed by atoms with Gasteiger partial charge in [-0.2, -0.15) is 0 Å². The van der Waals surface area contributed by atoms with Gasteiger partial charge < -0.3 is 10.1 Å². The molecule has 0 saturated heterocycles. The van der Waals surface area contributed by atoms with Crippen LogP contribution in [0.15, 0.2) is 11.6 Å². The zero-order valence-corrected chi connectivity index (χ0v) is 10.7. The van der Waals surface area contributed by atoms with Crippen molar-refractivity contribution >= 4 is 11.3 Å². The third-order valence-corrected chi connectivity index (χ3v) is 3.43. The first-order valence-electron chi connectivity index (χ1n) is 5.23. The highest BCUT2D eigenvalue weighted by molar-refractivity contribution is 7.09. The smallest absolute Gasteiger partial charge is 0.112 e. The molecule has 0 amide bonds. The van der Waals surface area contributed by atoms with E-state index in [1.165, 1.54) is 0 Å². The fourth-order valence-corrected chi connectivity index (χ4v) is 2.30. The lowest BCUT2D eigenvalue weighted by atomic mass is 10.0. The van der Waals surface area contributed by atoms with Crippen LogP contribution in [-0.2, 0) is 10.3 Å². The largest absolute Gasteiger partial charge is 0.385 e. The quantitative estimate of drug-likeness (QED) is 0.812. The van der Waals surface area contributed by atoms with Gasteiger partial charge in [-0.15, -0.1) is 11.3 Å². The summed E-state index contributed by atoms with van der Waals surface area (Å²) in [5.74, 6) is 0. The molecule has 0 aromatic carbocycles. The summed E-state index contributed by atoms with van der Waals surface area (Å²) in [6.07, 6.45) is 2.87. The molecule has 1 rings (SSSR count). The fourth-order valence-electron chi connectivity index (χ4n) is 1.58. The van der Waals surface area contributed by atoms with Gasteiger partial charge in [0.15, 0.2) is 0 Å². The standard InChI is InChI=1S/C11H20N2OS/c1-9(5-7-14-4)13-11(2,3)10-12-6-8-15-10/h6,8-9,13H,5,7H2,1-4H3. The molecule has 3 nitrogen and oxygen atoms in total. The topological polar surface area (TPSA) is 34.1 Å². The SMILES string of the molecule is COCCC(C)NC(C)(C)c1nccs1. The zero-order chi connectivity index (χ0) is 11.3. The molecule has 1 N–H and O–H groups in total. The van der Waals surface area contributed by atoms with Gasteiger partial charge in [-0.25, -0.2) is 4.98 Å². The van der Waals surface area contributed by atoms with Gasteiger partial charge >= 0.3 is 0 Å². The van der Waals surface area contributed by atoms with Crippen LogP contribution in [0.1, 0.15) is 32.2 Å². The predicted octanol–water partition coefficient (Wildman–Crippen LogP) is 2.39. The van der Waals surface area contributed by atoms with E-state index in [1.807, 2.05) is 11.6 Å². The lowest BCUT2D eigenvalue weighted by molar-refractivity contribution is 0.178. The second kappa shape index (κ2) is 5.58. The minimum atomic E-state index is -0.0542. The van der Waals surface area contributed by atoms with Crippen LogP contribution in [0.25, 0.3) is 0 Å².